The summed E-state index contributed by atoms with van der Waals surface area (Å²) in [7, 11) is 0. The lowest BCUT2D eigenvalue weighted by Gasteiger charge is -2.31. The molecule has 104 valence electrons. The van der Waals surface area contributed by atoms with Crippen LogP contribution in [0.15, 0.2) is 54.6 Å². The molecule has 2 aliphatic carbocycles. The first-order valence-corrected chi connectivity index (χ1v) is 7.45. The minimum atomic E-state index is 0.219. The number of rotatable bonds is 0. The van der Waals surface area contributed by atoms with Crippen molar-refractivity contribution in [2.45, 2.75) is 18.9 Å². The van der Waals surface area contributed by atoms with Gasteiger partial charge < -0.3 is 5.32 Å². The molecule has 0 aromatic heterocycles. The maximum Gasteiger partial charge on any atom is 0.226 e. The smallest absolute Gasteiger partial charge is 0.226 e. The molecule has 3 aliphatic rings. The summed E-state index contributed by atoms with van der Waals surface area (Å²) in [5.74, 6) is 0.457. The van der Waals surface area contributed by atoms with Gasteiger partial charge in [0.25, 0.3) is 0 Å². The Morgan fingerprint density at radius 1 is 0.952 bits per heavy atom. The van der Waals surface area contributed by atoms with Crippen molar-refractivity contribution in [1.82, 2.24) is 5.32 Å². The first-order valence-electron chi connectivity index (χ1n) is 7.45. The average molecular weight is 275 g/mol. The highest BCUT2D eigenvalue weighted by Gasteiger charge is 2.45. The van der Waals surface area contributed by atoms with Gasteiger partial charge in [-0.2, -0.15) is 0 Å². The van der Waals surface area contributed by atoms with Crippen LogP contribution in [0.3, 0.4) is 0 Å². The van der Waals surface area contributed by atoms with Gasteiger partial charge in [-0.3, -0.25) is 4.79 Å². The maximum absolute atomic E-state index is 11.1. The second-order valence-corrected chi connectivity index (χ2v) is 5.80. The topological polar surface area (TPSA) is 29.1 Å². The summed E-state index contributed by atoms with van der Waals surface area (Å²) in [4.78, 5) is 11.1. The lowest BCUT2D eigenvalue weighted by Crippen LogP contribution is -2.49. The van der Waals surface area contributed by atoms with Gasteiger partial charge in [0.15, 0.2) is 0 Å². The Balaban J connectivity index is 0.000000115. The highest BCUT2D eigenvalue weighted by Crippen LogP contribution is 2.41. The van der Waals surface area contributed by atoms with E-state index in [2.05, 4.69) is 53.9 Å². The highest BCUT2D eigenvalue weighted by atomic mass is 16.2. The van der Waals surface area contributed by atoms with E-state index >= 15 is 0 Å². The van der Waals surface area contributed by atoms with Gasteiger partial charge in [0.05, 0.1) is 12.0 Å². The number of benzene rings is 2. The van der Waals surface area contributed by atoms with Gasteiger partial charge in [0.1, 0.15) is 0 Å². The summed E-state index contributed by atoms with van der Waals surface area (Å²) in [5.41, 5.74) is 5.50. The molecule has 5 rings (SSSR count). The number of fused-ring (bicyclic) bond motifs is 4. The number of β-lactam (4-membered cyclic amide) rings is 1. The van der Waals surface area contributed by atoms with Crippen LogP contribution in [0.4, 0.5) is 0 Å². The summed E-state index contributed by atoms with van der Waals surface area (Å²) in [5, 5.41) is 2.92. The number of carbonyl (C=O) groups excluding carboxylic acids is 1. The lowest BCUT2D eigenvalue weighted by molar-refractivity contribution is -0.134. The van der Waals surface area contributed by atoms with Gasteiger partial charge in [0.2, 0.25) is 5.91 Å². The van der Waals surface area contributed by atoms with Crippen LogP contribution >= 0.6 is 0 Å². The van der Waals surface area contributed by atoms with Crippen molar-refractivity contribution in [2.24, 2.45) is 5.92 Å². The average Bonchev–Trinajstić information content (AvgIpc) is 3.10. The molecule has 0 bridgehead atoms. The minimum Gasteiger partial charge on any atom is -0.348 e. The molecule has 2 aromatic rings. The van der Waals surface area contributed by atoms with E-state index in [9.17, 15) is 4.79 Å². The van der Waals surface area contributed by atoms with Crippen LogP contribution in [0.2, 0.25) is 0 Å². The third-order valence-corrected chi connectivity index (χ3v) is 4.56. The predicted molar refractivity (Wildman–Crippen MR) is 83.7 cm³/mol. The van der Waals surface area contributed by atoms with E-state index in [1.54, 1.807) is 0 Å². The maximum atomic E-state index is 11.1. The summed E-state index contributed by atoms with van der Waals surface area (Å²) in [6.45, 7) is 0. The molecule has 2 nitrogen and oxygen atoms in total. The van der Waals surface area contributed by atoms with Gasteiger partial charge in [-0.1, -0.05) is 60.7 Å². The van der Waals surface area contributed by atoms with E-state index in [-0.39, 0.29) is 11.8 Å². The van der Waals surface area contributed by atoms with Crippen LogP contribution in [0.25, 0.3) is 6.08 Å². The van der Waals surface area contributed by atoms with E-state index in [0.717, 1.165) is 12.8 Å². The Morgan fingerprint density at radius 2 is 1.71 bits per heavy atom. The first-order chi connectivity index (χ1) is 10.3. The number of nitrogens with one attached hydrogen (secondary N) is 1. The fourth-order valence-electron chi connectivity index (χ4n) is 3.38. The zero-order valence-electron chi connectivity index (χ0n) is 11.8. The Labute approximate surface area is 124 Å². The number of carbonyl (C=O) groups is 1. The van der Waals surface area contributed by atoms with Crippen molar-refractivity contribution in [3.05, 3.63) is 76.9 Å². The Hall–Kier alpha value is -2.35. The molecule has 0 radical (unpaired) electrons. The van der Waals surface area contributed by atoms with E-state index in [4.69, 9.17) is 0 Å². The molecule has 2 atom stereocenters. The number of allylic oxidation sites excluding steroid dienone is 1. The number of hydrogen-bond donors (Lipinski definition) is 1. The standard InChI is InChI=1S/C10H9NO.C9H8/c12-10-8-5-6-3-1-2-4-7(6)9(8)11-10;1-2-5-9-7-3-6-8(9)4-1/h1-4,8-9H,5H2,(H,11,12);1-6H,7H2. The van der Waals surface area contributed by atoms with Crippen molar-refractivity contribution < 1.29 is 4.79 Å². The monoisotopic (exact) mass is 275 g/mol. The van der Waals surface area contributed by atoms with E-state index < -0.39 is 0 Å². The summed E-state index contributed by atoms with van der Waals surface area (Å²) in [6, 6.07) is 17.1. The lowest BCUT2D eigenvalue weighted by atomic mass is 9.92. The van der Waals surface area contributed by atoms with Crippen LogP contribution in [0, 0.1) is 5.92 Å². The van der Waals surface area contributed by atoms with Gasteiger partial charge in [0, 0.05) is 0 Å². The zero-order chi connectivity index (χ0) is 14.2. The molecule has 2 heteroatoms. The van der Waals surface area contributed by atoms with Gasteiger partial charge >= 0.3 is 0 Å². The van der Waals surface area contributed by atoms with Crippen LogP contribution < -0.4 is 5.32 Å². The first kappa shape index (κ1) is 12.4. The van der Waals surface area contributed by atoms with Crippen molar-refractivity contribution in [3.63, 3.8) is 0 Å². The third-order valence-electron chi connectivity index (χ3n) is 4.56. The Morgan fingerprint density at radius 3 is 2.52 bits per heavy atom. The van der Waals surface area contributed by atoms with Crippen LogP contribution in [-0.2, 0) is 17.6 Å². The molecule has 0 saturated carbocycles. The van der Waals surface area contributed by atoms with Crippen LogP contribution in [0.5, 0.6) is 0 Å². The Kier molecular flexibility index (Phi) is 2.88. The fourth-order valence-corrected chi connectivity index (χ4v) is 3.38. The Bertz CT molecular complexity index is 732. The number of hydrogen-bond acceptors (Lipinski definition) is 1. The van der Waals surface area contributed by atoms with Crippen molar-refractivity contribution in [2.75, 3.05) is 0 Å². The molecule has 1 amide bonds. The predicted octanol–water partition coefficient (Wildman–Crippen LogP) is 3.29. The van der Waals surface area contributed by atoms with Gasteiger partial charge in [-0.25, -0.2) is 0 Å². The minimum absolute atomic E-state index is 0.219. The van der Waals surface area contributed by atoms with Crippen molar-refractivity contribution in [3.8, 4) is 0 Å². The second kappa shape index (κ2) is 4.88. The molecule has 1 fully saturated rings. The van der Waals surface area contributed by atoms with E-state index in [1.165, 1.54) is 22.3 Å². The summed E-state index contributed by atoms with van der Waals surface area (Å²) in [6.07, 6.45) is 6.43. The van der Waals surface area contributed by atoms with Crippen LogP contribution in [0.1, 0.15) is 28.3 Å². The SMILES string of the molecule is C1=Cc2ccccc2C1.O=C1NC2c3ccccc3CC12. The molecule has 1 N–H and O–H groups in total. The van der Waals surface area contributed by atoms with E-state index in [1.807, 2.05) is 12.1 Å². The summed E-state index contributed by atoms with van der Waals surface area (Å²) >= 11 is 0. The van der Waals surface area contributed by atoms with Crippen molar-refractivity contribution in [1.29, 1.82) is 0 Å². The molecule has 2 unspecified atom stereocenters. The van der Waals surface area contributed by atoms with Gasteiger partial charge in [-0.05, 0) is 35.1 Å². The third kappa shape index (κ3) is 2.07. The largest absolute Gasteiger partial charge is 0.348 e. The highest BCUT2D eigenvalue weighted by molar-refractivity contribution is 5.88. The molecular formula is C19H17NO. The quantitative estimate of drug-likeness (QED) is 0.734. The number of amides is 1. The fraction of sp³-hybridized carbons (Fsp3) is 0.211. The van der Waals surface area contributed by atoms with Gasteiger partial charge in [-0.15, -0.1) is 0 Å². The molecule has 0 spiro atoms. The van der Waals surface area contributed by atoms with Crippen molar-refractivity contribution >= 4 is 12.0 Å². The second-order valence-electron chi connectivity index (χ2n) is 5.80. The molecular weight excluding hydrogens is 258 g/mol. The molecule has 21 heavy (non-hydrogen) atoms. The zero-order valence-corrected chi connectivity index (χ0v) is 11.8. The molecule has 2 aromatic carbocycles. The molecule has 1 heterocycles. The van der Waals surface area contributed by atoms with Crippen LogP contribution in [-0.4, -0.2) is 5.91 Å². The molecule has 1 aliphatic heterocycles. The van der Waals surface area contributed by atoms with E-state index in [0.29, 0.717) is 6.04 Å². The summed E-state index contributed by atoms with van der Waals surface area (Å²) < 4.78 is 0. The normalized spacial score (nSPS) is 23.1. The molecule has 1 saturated heterocycles.